The summed E-state index contributed by atoms with van der Waals surface area (Å²) in [5.41, 5.74) is 2.51. The molecule has 0 fully saturated rings. The quantitative estimate of drug-likeness (QED) is 0.622. The van der Waals surface area contributed by atoms with Crippen molar-refractivity contribution >= 4 is 34.3 Å². The van der Waals surface area contributed by atoms with Gasteiger partial charge >= 0.3 is 0 Å². The van der Waals surface area contributed by atoms with Gasteiger partial charge < -0.3 is 4.90 Å². The number of rotatable bonds is 1. The van der Waals surface area contributed by atoms with Crippen LogP contribution in [0.2, 0.25) is 0 Å². The van der Waals surface area contributed by atoms with Gasteiger partial charge in [-0.3, -0.25) is 0 Å². The van der Waals surface area contributed by atoms with Crippen molar-refractivity contribution in [1.29, 1.82) is 0 Å². The molecule has 0 radical (unpaired) electrons. The number of nitrogens with zero attached hydrogens (tertiary/aromatic N) is 2. The third kappa shape index (κ3) is 2.18. The topological polar surface area (TPSA) is 7.12 Å². The molecule has 3 heteroatoms. The third-order valence-electron chi connectivity index (χ3n) is 4.05. The van der Waals surface area contributed by atoms with Gasteiger partial charge in [0.1, 0.15) is 7.05 Å². The van der Waals surface area contributed by atoms with Crippen molar-refractivity contribution < 1.29 is 4.57 Å². The van der Waals surface area contributed by atoms with E-state index in [0.29, 0.717) is 0 Å². The molecule has 0 aliphatic carbocycles. The summed E-state index contributed by atoms with van der Waals surface area (Å²) < 4.78 is 2.05. The van der Waals surface area contributed by atoms with Crippen LogP contribution in [0, 0.1) is 0 Å². The molecule has 3 aromatic rings. The number of aromatic nitrogens is 1. The monoisotopic (exact) mass is 305 g/mol. The highest BCUT2D eigenvalue weighted by Gasteiger charge is 2.23. The van der Waals surface area contributed by atoms with Crippen molar-refractivity contribution in [2.24, 2.45) is 7.05 Å². The number of hydrogen-bond donors (Lipinski definition) is 0. The lowest BCUT2D eigenvalue weighted by Crippen LogP contribution is -2.25. The Kier molecular flexibility index (Phi) is 3.16. The van der Waals surface area contributed by atoms with Crippen molar-refractivity contribution in [3.63, 3.8) is 0 Å². The molecular formula is C19H17N2S+. The van der Waals surface area contributed by atoms with Crippen LogP contribution in [0.3, 0.4) is 0 Å². The molecular weight excluding hydrogens is 288 g/mol. The molecule has 108 valence electrons. The third-order valence-corrected chi connectivity index (χ3v) is 5.29. The molecule has 2 nitrogen and oxygen atoms in total. The van der Waals surface area contributed by atoms with Crippen molar-refractivity contribution in [3.05, 3.63) is 71.5 Å². The fourth-order valence-corrected chi connectivity index (χ4v) is 4.02. The van der Waals surface area contributed by atoms with Gasteiger partial charge in [-0.1, -0.05) is 42.1 Å². The highest BCUT2D eigenvalue weighted by molar-refractivity contribution is 8.04. The normalized spacial score (nSPS) is 15.5. The first-order chi connectivity index (χ1) is 10.7. The van der Waals surface area contributed by atoms with Gasteiger partial charge in [0.15, 0.2) is 12.4 Å². The Labute approximate surface area is 134 Å². The lowest BCUT2D eigenvalue weighted by Gasteiger charge is -2.13. The molecule has 1 aromatic heterocycles. The van der Waals surface area contributed by atoms with Crippen LogP contribution in [-0.2, 0) is 7.05 Å². The first-order valence-electron chi connectivity index (χ1n) is 7.33. The highest BCUT2D eigenvalue weighted by atomic mass is 32.2. The Balaban J connectivity index is 1.79. The molecule has 0 bridgehead atoms. The van der Waals surface area contributed by atoms with E-state index in [2.05, 4.69) is 83.5 Å². The van der Waals surface area contributed by atoms with Crippen molar-refractivity contribution in [2.45, 2.75) is 4.90 Å². The van der Waals surface area contributed by atoms with Crippen LogP contribution in [0.4, 0.5) is 5.69 Å². The van der Waals surface area contributed by atoms with Crippen molar-refractivity contribution in [1.82, 2.24) is 0 Å². The van der Waals surface area contributed by atoms with Gasteiger partial charge in [0, 0.05) is 24.1 Å². The minimum absolute atomic E-state index is 1.23. The Bertz CT molecular complexity index is 882. The number of anilines is 1. The average Bonchev–Trinajstić information content (AvgIpc) is 2.86. The first kappa shape index (κ1) is 13.4. The van der Waals surface area contributed by atoms with Crippen LogP contribution in [0.5, 0.6) is 0 Å². The highest BCUT2D eigenvalue weighted by Crippen LogP contribution is 2.48. The van der Waals surface area contributed by atoms with E-state index in [1.807, 2.05) is 18.8 Å². The number of fused-ring (bicyclic) bond motifs is 3. The molecule has 1 aliphatic rings. The predicted molar refractivity (Wildman–Crippen MR) is 93.8 cm³/mol. The minimum Gasteiger partial charge on any atom is -0.338 e. The lowest BCUT2D eigenvalue weighted by molar-refractivity contribution is -0.671. The van der Waals surface area contributed by atoms with E-state index < -0.39 is 0 Å². The predicted octanol–water partition coefficient (Wildman–Crippen LogP) is 4.20. The fraction of sp³-hybridized carbons (Fsp3) is 0.105. The minimum atomic E-state index is 1.23. The van der Waals surface area contributed by atoms with Gasteiger partial charge in [-0.15, -0.1) is 0 Å². The first-order valence-corrected chi connectivity index (χ1v) is 8.14. The van der Waals surface area contributed by atoms with E-state index in [0.717, 1.165) is 0 Å². The molecule has 0 amide bonds. The Morgan fingerprint density at radius 2 is 1.77 bits per heavy atom. The molecule has 2 heterocycles. The summed E-state index contributed by atoms with van der Waals surface area (Å²) in [5, 5.41) is 3.90. The average molecular weight is 305 g/mol. The standard InChI is InChI=1S/C19H17N2S/c1-20-11-9-14(10-12-20)13-18-21(2)17-8-7-15-5-3-4-6-16(15)19(17)22-18/h3-13H,1-2H3/q+1. The number of aryl methyl sites for hydroxylation is 1. The number of hydrogen-bond acceptors (Lipinski definition) is 2. The van der Waals surface area contributed by atoms with E-state index in [-0.39, 0.29) is 0 Å². The van der Waals surface area contributed by atoms with Gasteiger partial charge in [0.25, 0.3) is 0 Å². The Morgan fingerprint density at radius 3 is 2.59 bits per heavy atom. The molecule has 0 spiro atoms. The van der Waals surface area contributed by atoms with Crippen LogP contribution < -0.4 is 9.47 Å². The zero-order valence-electron chi connectivity index (χ0n) is 12.7. The molecule has 0 saturated heterocycles. The zero-order valence-corrected chi connectivity index (χ0v) is 13.5. The fourth-order valence-electron chi connectivity index (χ4n) is 2.77. The summed E-state index contributed by atoms with van der Waals surface area (Å²) in [6, 6.07) is 17.3. The van der Waals surface area contributed by atoms with Gasteiger partial charge in [-0.25, -0.2) is 4.57 Å². The maximum absolute atomic E-state index is 2.28. The maximum atomic E-state index is 2.28. The number of pyridine rings is 1. The smallest absolute Gasteiger partial charge is 0.169 e. The molecule has 0 unspecified atom stereocenters. The maximum Gasteiger partial charge on any atom is 0.169 e. The number of thioether (sulfide) groups is 1. The number of benzene rings is 2. The SMILES string of the molecule is CN1/C(=C/c2cc[n+](C)cc2)Sc2c1ccc1ccccc21. The second-order valence-corrected chi connectivity index (χ2v) is 6.61. The molecule has 0 atom stereocenters. The van der Waals surface area contributed by atoms with E-state index in [1.165, 1.54) is 31.9 Å². The molecule has 22 heavy (non-hydrogen) atoms. The van der Waals surface area contributed by atoms with E-state index >= 15 is 0 Å². The largest absolute Gasteiger partial charge is 0.338 e. The Hall–Kier alpha value is -2.26. The molecule has 0 N–H and O–H groups in total. The van der Waals surface area contributed by atoms with Crippen LogP contribution in [0.25, 0.3) is 16.8 Å². The van der Waals surface area contributed by atoms with Crippen molar-refractivity contribution in [3.8, 4) is 0 Å². The summed E-state index contributed by atoms with van der Waals surface area (Å²) in [6.07, 6.45) is 6.41. The summed E-state index contributed by atoms with van der Waals surface area (Å²) in [6.45, 7) is 0. The van der Waals surface area contributed by atoms with Gasteiger partial charge in [-0.05, 0) is 28.5 Å². The van der Waals surface area contributed by atoms with Gasteiger partial charge in [-0.2, -0.15) is 0 Å². The molecule has 0 saturated carbocycles. The summed E-state index contributed by atoms with van der Waals surface area (Å²) in [5.74, 6) is 0. The summed E-state index contributed by atoms with van der Waals surface area (Å²) >= 11 is 1.85. The van der Waals surface area contributed by atoms with Crippen LogP contribution in [-0.4, -0.2) is 7.05 Å². The lowest BCUT2D eigenvalue weighted by atomic mass is 10.1. The summed E-state index contributed by atoms with van der Waals surface area (Å²) in [4.78, 5) is 3.63. The van der Waals surface area contributed by atoms with Crippen molar-refractivity contribution in [2.75, 3.05) is 11.9 Å². The Morgan fingerprint density at radius 1 is 1.00 bits per heavy atom. The van der Waals surface area contributed by atoms with E-state index in [4.69, 9.17) is 0 Å². The summed E-state index contributed by atoms with van der Waals surface area (Å²) in [7, 11) is 4.18. The van der Waals surface area contributed by atoms with Crippen LogP contribution in [0.1, 0.15) is 5.56 Å². The van der Waals surface area contributed by atoms with Gasteiger partial charge in [0.2, 0.25) is 0 Å². The molecule has 2 aromatic carbocycles. The second-order valence-electron chi connectivity index (χ2n) is 5.58. The van der Waals surface area contributed by atoms with E-state index in [9.17, 15) is 0 Å². The van der Waals surface area contributed by atoms with Crippen LogP contribution in [0.15, 0.2) is 70.8 Å². The zero-order chi connectivity index (χ0) is 15.1. The van der Waals surface area contributed by atoms with E-state index in [1.54, 1.807) is 0 Å². The molecule has 4 rings (SSSR count). The molecule has 1 aliphatic heterocycles. The van der Waals surface area contributed by atoms with Crippen LogP contribution >= 0.6 is 11.8 Å². The van der Waals surface area contributed by atoms with Gasteiger partial charge in [0.05, 0.1) is 10.7 Å². The second kappa shape index (κ2) is 5.18.